The first kappa shape index (κ1) is 32.5. The molecule has 2 amide bonds. The summed E-state index contributed by atoms with van der Waals surface area (Å²) in [5, 5.41) is 17.6. The number of β-lactam (4-membered cyclic amide) rings is 1. The van der Waals surface area contributed by atoms with Crippen LogP contribution in [0, 0.1) is 10.1 Å². The van der Waals surface area contributed by atoms with E-state index in [4.69, 9.17) is 15.3 Å². The average Bonchev–Trinajstić information content (AvgIpc) is 3.31. The van der Waals surface area contributed by atoms with Gasteiger partial charge in [0, 0.05) is 17.5 Å². The first-order chi connectivity index (χ1) is 18.3. The minimum Gasteiger partial charge on any atom is -1.00 e. The minimum absolute atomic E-state index is 0. The number of benzene rings is 1. The van der Waals surface area contributed by atoms with E-state index in [0.29, 0.717) is 5.56 Å². The Morgan fingerprint density at radius 2 is 1.98 bits per heavy atom. The fourth-order valence-corrected chi connectivity index (χ4v) is 4.48. The topological polar surface area (TPSA) is 260 Å². The predicted octanol–water partition coefficient (Wildman–Crippen LogP) is -4.11. The number of non-ortho nitro benzene ring substituents is 1. The molecule has 2 unspecified atom stereocenters. The van der Waals surface area contributed by atoms with Crippen molar-refractivity contribution in [2.24, 2.45) is 5.16 Å². The number of carbonyl (C=O) groups is 4. The molecule has 1 aliphatic rings. The van der Waals surface area contributed by atoms with Crippen LogP contribution in [0.5, 0.6) is 0 Å². The number of nitrogens with two attached hydrogens (primary N) is 1. The zero-order chi connectivity index (χ0) is 28.9. The molecule has 21 heteroatoms. The number of methoxy groups -OCH3 is 1. The fraction of sp³-hybridized carbons (Fsp3) is 0.263. The molecule has 0 aliphatic carbocycles. The van der Waals surface area contributed by atoms with Gasteiger partial charge in [-0.25, -0.2) is 14.6 Å². The van der Waals surface area contributed by atoms with Crippen molar-refractivity contribution in [2.75, 3.05) is 19.5 Å². The number of nitrogen functional groups attached to an aromatic ring is 1. The van der Waals surface area contributed by atoms with Gasteiger partial charge >= 0.3 is 51.8 Å². The summed E-state index contributed by atoms with van der Waals surface area (Å²) in [5.74, 6) is -4.70. The van der Waals surface area contributed by atoms with Crippen LogP contribution >= 0.6 is 11.3 Å². The van der Waals surface area contributed by atoms with Gasteiger partial charge in [0.2, 0.25) is 6.61 Å². The monoisotopic (exact) mass is 610 g/mol. The molecule has 1 saturated heterocycles. The number of nitrogens with one attached hydrogen (secondary N) is 1. The van der Waals surface area contributed by atoms with Crippen LogP contribution in [0.25, 0.3) is 0 Å². The fourth-order valence-electron chi connectivity index (χ4n) is 3.09. The minimum atomic E-state index is -5.14. The van der Waals surface area contributed by atoms with Gasteiger partial charge in [0.15, 0.2) is 16.9 Å². The predicted molar refractivity (Wildman–Crippen MR) is 129 cm³/mol. The smallest absolute Gasteiger partial charge is 1.00 e. The number of anilines is 1. The number of thiazole rings is 1. The number of amides is 2. The molecular formula is C19H19N6NaO12S2. The Bertz CT molecular complexity index is 1450. The van der Waals surface area contributed by atoms with Crippen molar-refractivity contribution < 1.29 is 82.4 Å². The molecule has 18 nitrogen and oxygen atoms in total. The van der Waals surface area contributed by atoms with Crippen LogP contribution in [0.3, 0.4) is 0 Å². The van der Waals surface area contributed by atoms with E-state index >= 15 is 0 Å². The number of esters is 2. The van der Waals surface area contributed by atoms with E-state index in [1.165, 1.54) is 29.6 Å². The molecule has 0 radical (unpaired) electrons. The number of hydrogen-bond donors (Lipinski definition) is 3. The van der Waals surface area contributed by atoms with E-state index in [0.717, 1.165) is 18.4 Å². The zero-order valence-electron chi connectivity index (χ0n) is 21.6. The van der Waals surface area contributed by atoms with Gasteiger partial charge in [-0.2, -0.15) is 12.7 Å². The normalized spacial score (nSPS) is 16.7. The number of nitro groups is 1. The summed E-state index contributed by atoms with van der Waals surface area (Å²) in [6.07, 6.45) is 0. The van der Waals surface area contributed by atoms with E-state index in [1.54, 1.807) is 0 Å². The molecule has 1 fully saturated rings. The van der Waals surface area contributed by atoms with Crippen molar-refractivity contribution in [3.05, 3.63) is 51.0 Å². The van der Waals surface area contributed by atoms with Gasteiger partial charge in [-0.1, -0.05) is 5.16 Å². The summed E-state index contributed by atoms with van der Waals surface area (Å²) in [6.45, 7) is -1.05. The number of carbonyl (C=O) groups excluding carboxylic acids is 4. The second kappa shape index (κ2) is 13.6. The summed E-state index contributed by atoms with van der Waals surface area (Å²) >= 11 is 0.905. The standard InChI is InChI=1S/C19H18N6O12S2.Na.H/c1-35-18(29)15-14(17(28)24(15)39(32,33)34)22-16(27)13(11-8-38-19(20)21-11)23-37-7-12(26)36-6-9-2-4-10(5-3-9)25(30)31;;/h2-5,8,14-15H,6-7H2,1H3,(H2,20,21)(H,22,27)(H,32,33,34);;/q;+1;-1/b23-13-;;. The van der Waals surface area contributed by atoms with Crippen molar-refractivity contribution in [3.63, 3.8) is 0 Å². The summed E-state index contributed by atoms with van der Waals surface area (Å²) in [5.41, 5.74) is 5.11. The molecule has 1 aliphatic heterocycles. The maximum Gasteiger partial charge on any atom is 1.00 e. The van der Waals surface area contributed by atoms with Gasteiger partial charge in [-0.3, -0.25) is 24.3 Å². The molecular weight excluding hydrogens is 591 g/mol. The number of rotatable bonds is 11. The van der Waals surface area contributed by atoms with Crippen molar-refractivity contribution in [2.45, 2.75) is 18.7 Å². The Balaban J connectivity index is 0.00000420. The molecule has 2 aromatic rings. The molecule has 2 atom stereocenters. The Morgan fingerprint density at radius 3 is 2.50 bits per heavy atom. The Morgan fingerprint density at radius 1 is 1.32 bits per heavy atom. The third kappa shape index (κ3) is 7.70. The molecule has 0 saturated carbocycles. The number of nitro benzene ring substituents is 1. The zero-order valence-corrected chi connectivity index (χ0v) is 24.2. The molecule has 2 heterocycles. The SMILES string of the molecule is COC(=O)C1C(NC(=O)/C(=N\OCC(=O)OCc2ccc([N+](=O)[O-])cc2)c2csc(N)n2)C(=O)N1S(=O)(=O)O.[H-].[Na+]. The van der Waals surface area contributed by atoms with Crippen LogP contribution in [0.2, 0.25) is 0 Å². The molecule has 40 heavy (non-hydrogen) atoms. The average molecular weight is 611 g/mol. The summed E-state index contributed by atoms with van der Waals surface area (Å²) < 4.78 is 41.3. The van der Waals surface area contributed by atoms with Gasteiger partial charge in [-0.05, 0) is 17.7 Å². The Hall–Kier alpha value is -3.69. The maximum atomic E-state index is 12.9. The third-order valence-electron chi connectivity index (χ3n) is 4.89. The Kier molecular flexibility index (Phi) is 11.0. The van der Waals surface area contributed by atoms with Crippen molar-refractivity contribution in [3.8, 4) is 0 Å². The summed E-state index contributed by atoms with van der Waals surface area (Å²) in [4.78, 5) is 67.9. The van der Waals surface area contributed by atoms with Crippen molar-refractivity contribution >= 4 is 61.9 Å². The second-order valence-electron chi connectivity index (χ2n) is 7.40. The van der Waals surface area contributed by atoms with Crippen LogP contribution in [0.1, 0.15) is 12.7 Å². The molecule has 3 rings (SSSR count). The first-order valence-electron chi connectivity index (χ1n) is 10.3. The van der Waals surface area contributed by atoms with Crippen LogP contribution < -0.4 is 40.6 Å². The molecule has 210 valence electrons. The van der Waals surface area contributed by atoms with Crippen molar-refractivity contribution in [1.82, 2.24) is 14.6 Å². The van der Waals surface area contributed by atoms with E-state index in [-0.39, 0.29) is 58.4 Å². The molecule has 4 N–H and O–H groups in total. The number of nitrogens with zero attached hydrogens (tertiary/aromatic N) is 4. The van der Waals surface area contributed by atoms with Crippen LogP contribution in [-0.4, -0.2) is 82.4 Å². The van der Waals surface area contributed by atoms with Gasteiger partial charge in [-0.15, -0.1) is 11.3 Å². The largest absolute Gasteiger partial charge is 1.00 e. The molecule has 0 bridgehead atoms. The van der Waals surface area contributed by atoms with E-state index in [2.05, 4.69) is 20.2 Å². The van der Waals surface area contributed by atoms with Crippen molar-refractivity contribution in [1.29, 1.82) is 0 Å². The van der Waals surface area contributed by atoms with Gasteiger partial charge in [0.05, 0.1) is 12.0 Å². The van der Waals surface area contributed by atoms with Crippen LogP contribution in [-0.2, 0) is 50.4 Å². The molecule has 1 aromatic carbocycles. The summed E-state index contributed by atoms with van der Waals surface area (Å²) in [6, 6.07) is 1.54. The van der Waals surface area contributed by atoms with E-state index in [9.17, 15) is 42.3 Å². The number of aromatic nitrogens is 1. The van der Waals surface area contributed by atoms with Gasteiger partial charge < -0.3 is 26.8 Å². The number of oxime groups is 1. The van der Waals surface area contributed by atoms with Gasteiger partial charge in [0.1, 0.15) is 18.3 Å². The van der Waals surface area contributed by atoms with E-state index < -0.39 is 63.4 Å². The van der Waals surface area contributed by atoms with Crippen LogP contribution in [0.15, 0.2) is 34.8 Å². The molecule has 0 spiro atoms. The van der Waals surface area contributed by atoms with E-state index in [1.807, 2.05) is 0 Å². The first-order valence-corrected chi connectivity index (χ1v) is 12.6. The Labute approximate surface area is 252 Å². The number of ether oxygens (including phenoxy) is 2. The van der Waals surface area contributed by atoms with Gasteiger partial charge in [0.25, 0.3) is 17.5 Å². The maximum absolute atomic E-state index is 12.9. The quantitative estimate of drug-likeness (QED) is 0.0415. The third-order valence-corrected chi connectivity index (χ3v) is 6.47. The van der Waals surface area contributed by atoms with Crippen LogP contribution in [0.4, 0.5) is 10.8 Å². The summed E-state index contributed by atoms with van der Waals surface area (Å²) in [7, 11) is -4.25. The molecule has 1 aromatic heterocycles. The second-order valence-corrected chi connectivity index (χ2v) is 9.58. The number of hydrogen-bond acceptors (Lipinski definition) is 15.